The highest BCUT2D eigenvalue weighted by molar-refractivity contribution is 7.89. The van der Waals surface area contributed by atoms with Crippen LogP contribution in [0.1, 0.15) is 17.3 Å². The first-order valence-corrected chi connectivity index (χ1v) is 6.34. The summed E-state index contributed by atoms with van der Waals surface area (Å²) >= 11 is 0. The van der Waals surface area contributed by atoms with Crippen LogP contribution in [-0.4, -0.2) is 37.4 Å². The molecule has 1 aromatic rings. The zero-order chi connectivity index (χ0) is 13.2. The molecule has 0 spiro atoms. The lowest BCUT2D eigenvalue weighted by Crippen LogP contribution is -2.28. The lowest BCUT2D eigenvalue weighted by Gasteiger charge is -2.16. The molecule has 0 saturated heterocycles. The number of nitrogens with two attached hydrogens (primary N) is 1. The third-order valence-corrected chi connectivity index (χ3v) is 4.36. The molecule has 0 aromatic heterocycles. The molecule has 0 unspecified atom stereocenters. The second kappa shape index (κ2) is 4.72. The van der Waals surface area contributed by atoms with Gasteiger partial charge in [-0.05, 0) is 18.2 Å². The van der Waals surface area contributed by atoms with Crippen molar-refractivity contribution < 1.29 is 18.3 Å². The number of hydrogen-bond acceptors (Lipinski definition) is 4. The summed E-state index contributed by atoms with van der Waals surface area (Å²) in [5.74, 6) is -1.32. The van der Waals surface area contributed by atoms with Crippen LogP contribution in [0.5, 0.6) is 0 Å². The van der Waals surface area contributed by atoms with E-state index >= 15 is 0 Å². The molecule has 6 nitrogen and oxygen atoms in total. The SMILES string of the molecule is CCN(C)S(=O)(=O)c1ccc(N)cc1C(=O)O. The number of aromatic carboxylic acids is 1. The Morgan fingerprint density at radius 2 is 2.06 bits per heavy atom. The summed E-state index contributed by atoms with van der Waals surface area (Å²) in [6, 6.07) is 3.71. The Bertz CT molecular complexity index is 539. The molecule has 3 N–H and O–H groups in total. The molecule has 0 amide bonds. The van der Waals surface area contributed by atoms with Gasteiger partial charge in [0.15, 0.2) is 0 Å². The van der Waals surface area contributed by atoms with Crippen LogP contribution >= 0.6 is 0 Å². The molecule has 0 aliphatic carbocycles. The van der Waals surface area contributed by atoms with E-state index in [1.807, 2.05) is 0 Å². The molecular formula is C10H14N2O4S. The summed E-state index contributed by atoms with van der Waals surface area (Å²) in [6.07, 6.45) is 0. The summed E-state index contributed by atoms with van der Waals surface area (Å²) in [6.45, 7) is 1.92. The predicted molar refractivity (Wildman–Crippen MR) is 63.3 cm³/mol. The number of nitrogens with zero attached hydrogens (tertiary/aromatic N) is 1. The van der Waals surface area contributed by atoms with E-state index in [9.17, 15) is 13.2 Å². The monoisotopic (exact) mass is 258 g/mol. The Morgan fingerprint density at radius 1 is 1.47 bits per heavy atom. The van der Waals surface area contributed by atoms with Gasteiger partial charge in [-0.25, -0.2) is 17.5 Å². The molecular weight excluding hydrogens is 244 g/mol. The van der Waals surface area contributed by atoms with Gasteiger partial charge in [0.2, 0.25) is 10.0 Å². The summed E-state index contributed by atoms with van der Waals surface area (Å²) in [5.41, 5.74) is 5.34. The number of benzene rings is 1. The van der Waals surface area contributed by atoms with Crippen LogP contribution in [0.2, 0.25) is 0 Å². The van der Waals surface area contributed by atoms with Crippen LogP contribution in [-0.2, 0) is 10.0 Å². The van der Waals surface area contributed by atoms with Crippen LogP contribution in [0.4, 0.5) is 5.69 Å². The Balaban J connectivity index is 3.47. The third-order valence-electron chi connectivity index (χ3n) is 2.37. The van der Waals surface area contributed by atoms with Crippen molar-refractivity contribution >= 4 is 21.7 Å². The molecule has 0 radical (unpaired) electrons. The number of carbonyl (C=O) groups is 1. The molecule has 94 valence electrons. The number of anilines is 1. The van der Waals surface area contributed by atoms with E-state index in [-0.39, 0.29) is 22.7 Å². The number of nitrogen functional groups attached to an aromatic ring is 1. The second-order valence-electron chi connectivity index (χ2n) is 3.48. The van der Waals surface area contributed by atoms with Crippen LogP contribution < -0.4 is 5.73 Å². The fraction of sp³-hybridized carbons (Fsp3) is 0.300. The average molecular weight is 258 g/mol. The maximum absolute atomic E-state index is 12.0. The maximum Gasteiger partial charge on any atom is 0.337 e. The van der Waals surface area contributed by atoms with Crippen molar-refractivity contribution in [3.05, 3.63) is 23.8 Å². The van der Waals surface area contributed by atoms with Gasteiger partial charge in [-0.3, -0.25) is 0 Å². The van der Waals surface area contributed by atoms with Crippen LogP contribution in [0.15, 0.2) is 23.1 Å². The predicted octanol–water partition coefficient (Wildman–Crippen LogP) is 0.607. The smallest absolute Gasteiger partial charge is 0.337 e. The van der Waals surface area contributed by atoms with E-state index in [1.165, 1.54) is 19.2 Å². The minimum atomic E-state index is -3.78. The van der Waals surface area contributed by atoms with Crippen molar-refractivity contribution in [3.63, 3.8) is 0 Å². The minimum Gasteiger partial charge on any atom is -0.478 e. The maximum atomic E-state index is 12.0. The van der Waals surface area contributed by atoms with Crippen molar-refractivity contribution in [2.75, 3.05) is 19.3 Å². The zero-order valence-electron chi connectivity index (χ0n) is 9.54. The van der Waals surface area contributed by atoms with Crippen molar-refractivity contribution in [1.82, 2.24) is 4.31 Å². The molecule has 7 heteroatoms. The standard InChI is InChI=1S/C10H14N2O4S/c1-3-12(2)17(15,16)9-5-4-7(11)6-8(9)10(13)14/h4-6H,3,11H2,1-2H3,(H,13,14). The molecule has 0 bridgehead atoms. The molecule has 0 atom stereocenters. The largest absolute Gasteiger partial charge is 0.478 e. The molecule has 0 fully saturated rings. The summed E-state index contributed by atoms with van der Waals surface area (Å²) in [4.78, 5) is 10.7. The lowest BCUT2D eigenvalue weighted by atomic mass is 10.2. The first-order chi connectivity index (χ1) is 7.80. The van der Waals surface area contributed by atoms with E-state index in [2.05, 4.69) is 0 Å². The van der Waals surface area contributed by atoms with E-state index in [1.54, 1.807) is 6.92 Å². The number of hydrogen-bond donors (Lipinski definition) is 2. The fourth-order valence-electron chi connectivity index (χ4n) is 1.28. The number of carboxylic acids is 1. The normalized spacial score (nSPS) is 11.7. The van der Waals surface area contributed by atoms with Gasteiger partial charge in [0.1, 0.15) is 0 Å². The Kier molecular flexibility index (Phi) is 3.74. The summed E-state index contributed by atoms with van der Waals surface area (Å²) in [7, 11) is -2.40. The van der Waals surface area contributed by atoms with Crippen LogP contribution in [0.3, 0.4) is 0 Å². The Labute approximate surface area is 99.7 Å². The third kappa shape index (κ3) is 2.56. The molecule has 17 heavy (non-hydrogen) atoms. The number of rotatable bonds is 4. The highest BCUT2D eigenvalue weighted by atomic mass is 32.2. The van der Waals surface area contributed by atoms with E-state index in [0.717, 1.165) is 10.4 Å². The van der Waals surface area contributed by atoms with Gasteiger partial charge in [0.25, 0.3) is 0 Å². The van der Waals surface area contributed by atoms with Gasteiger partial charge >= 0.3 is 5.97 Å². The Hall–Kier alpha value is -1.60. The average Bonchev–Trinajstić information content (AvgIpc) is 2.27. The van der Waals surface area contributed by atoms with Crippen molar-refractivity contribution in [1.29, 1.82) is 0 Å². The highest BCUT2D eigenvalue weighted by Gasteiger charge is 2.25. The van der Waals surface area contributed by atoms with Crippen LogP contribution in [0, 0.1) is 0 Å². The molecule has 0 heterocycles. The molecule has 1 aromatic carbocycles. The van der Waals surface area contributed by atoms with Gasteiger partial charge in [-0.2, -0.15) is 0 Å². The van der Waals surface area contributed by atoms with Gasteiger partial charge in [0.05, 0.1) is 10.5 Å². The Morgan fingerprint density at radius 3 is 2.53 bits per heavy atom. The topological polar surface area (TPSA) is 101 Å². The number of carboxylic acid groups (broad SMARTS) is 1. The molecule has 1 rings (SSSR count). The van der Waals surface area contributed by atoms with E-state index in [0.29, 0.717) is 0 Å². The first kappa shape index (κ1) is 13.5. The van der Waals surface area contributed by atoms with Crippen molar-refractivity contribution in [2.45, 2.75) is 11.8 Å². The molecule has 0 aliphatic rings. The fourth-order valence-corrected chi connectivity index (χ4v) is 2.62. The summed E-state index contributed by atoms with van der Waals surface area (Å²) < 4.78 is 25.1. The summed E-state index contributed by atoms with van der Waals surface area (Å²) in [5, 5.41) is 8.97. The molecule has 0 aliphatic heterocycles. The quantitative estimate of drug-likeness (QED) is 0.770. The van der Waals surface area contributed by atoms with Gasteiger partial charge in [-0.1, -0.05) is 6.92 Å². The van der Waals surface area contributed by atoms with Crippen LogP contribution in [0.25, 0.3) is 0 Å². The highest BCUT2D eigenvalue weighted by Crippen LogP contribution is 2.21. The van der Waals surface area contributed by atoms with Crippen molar-refractivity contribution in [3.8, 4) is 0 Å². The van der Waals surface area contributed by atoms with Gasteiger partial charge in [0, 0.05) is 19.3 Å². The minimum absolute atomic E-state index is 0.209. The van der Waals surface area contributed by atoms with E-state index in [4.69, 9.17) is 10.8 Å². The first-order valence-electron chi connectivity index (χ1n) is 4.90. The number of sulfonamides is 1. The lowest BCUT2D eigenvalue weighted by molar-refractivity contribution is 0.0692. The van der Waals surface area contributed by atoms with Crippen molar-refractivity contribution in [2.24, 2.45) is 0 Å². The van der Waals surface area contributed by atoms with E-state index < -0.39 is 16.0 Å². The second-order valence-corrected chi connectivity index (χ2v) is 5.49. The van der Waals surface area contributed by atoms with Gasteiger partial charge < -0.3 is 10.8 Å². The van der Waals surface area contributed by atoms with Gasteiger partial charge in [-0.15, -0.1) is 0 Å². The zero-order valence-corrected chi connectivity index (χ0v) is 10.4. The molecule has 0 saturated carbocycles.